The monoisotopic (exact) mass is 463 g/mol. The molecule has 1 aromatic carbocycles. The number of nitrogen functional groups attached to an aromatic ring is 1. The minimum atomic E-state index is -1.38. The van der Waals surface area contributed by atoms with Crippen molar-refractivity contribution in [3.63, 3.8) is 0 Å². The zero-order chi connectivity index (χ0) is 23.5. The lowest BCUT2D eigenvalue weighted by molar-refractivity contribution is -0.146. The number of hydrogen-bond donors (Lipinski definition) is 5. The summed E-state index contributed by atoms with van der Waals surface area (Å²) in [7, 11) is 0. The van der Waals surface area contributed by atoms with E-state index < -0.39 is 41.7 Å². The number of carbonyl (C=O) groups excluding carboxylic acids is 2. The van der Waals surface area contributed by atoms with Crippen LogP contribution in [-0.4, -0.2) is 46.5 Å². The van der Waals surface area contributed by atoms with Gasteiger partial charge >= 0.3 is 11.9 Å². The van der Waals surface area contributed by atoms with Crippen LogP contribution >= 0.6 is 11.3 Å². The van der Waals surface area contributed by atoms with Gasteiger partial charge in [0.25, 0.3) is 0 Å². The molecule has 0 aliphatic heterocycles. The molecule has 1 aromatic heterocycles. The lowest BCUT2D eigenvalue weighted by atomic mass is 9.65. The van der Waals surface area contributed by atoms with Crippen LogP contribution in [0.2, 0.25) is 0 Å². The summed E-state index contributed by atoms with van der Waals surface area (Å²) in [4.78, 5) is 37.1. The molecule has 1 heterocycles. The number of amidine groups is 1. The molecule has 1 saturated carbocycles. The first-order valence-corrected chi connectivity index (χ1v) is 10.6. The van der Waals surface area contributed by atoms with Crippen LogP contribution in [0.15, 0.2) is 30.3 Å². The van der Waals surface area contributed by atoms with Gasteiger partial charge in [-0.1, -0.05) is 6.42 Å². The number of carboxylic acids is 1. The van der Waals surface area contributed by atoms with E-state index in [2.05, 4.69) is 5.32 Å². The number of nitrogens with one attached hydrogen (secondary N) is 2. The molecule has 1 aliphatic rings. The zero-order valence-electron chi connectivity index (χ0n) is 16.9. The Labute approximate surface area is 186 Å². The topological polar surface area (TPSA) is 163 Å². The number of hydrogen-bond acceptors (Lipinski definition) is 7. The second kappa shape index (κ2) is 9.45. The number of thiophene rings is 1. The number of carboxylic acid groups (broad SMARTS) is 1. The number of esters is 1. The fourth-order valence-electron chi connectivity index (χ4n) is 3.40. The highest BCUT2D eigenvalue weighted by Gasteiger charge is 2.45. The number of rotatable bonds is 9. The van der Waals surface area contributed by atoms with Crippen LogP contribution < -0.4 is 15.8 Å². The summed E-state index contributed by atoms with van der Waals surface area (Å²) in [6.45, 7) is -0.712. The highest BCUT2D eigenvalue weighted by molar-refractivity contribution is 7.14. The van der Waals surface area contributed by atoms with E-state index in [9.17, 15) is 18.8 Å². The van der Waals surface area contributed by atoms with E-state index in [1.54, 1.807) is 6.07 Å². The average Bonchev–Trinajstić information content (AvgIpc) is 3.18. The maximum absolute atomic E-state index is 14.1. The van der Waals surface area contributed by atoms with Gasteiger partial charge in [-0.3, -0.25) is 10.2 Å². The van der Waals surface area contributed by atoms with E-state index in [1.807, 2.05) is 0 Å². The van der Waals surface area contributed by atoms with Gasteiger partial charge in [-0.25, -0.2) is 14.0 Å². The van der Waals surface area contributed by atoms with Gasteiger partial charge in [-0.05, 0) is 49.6 Å². The lowest BCUT2D eigenvalue weighted by Crippen LogP contribution is -2.53. The number of benzene rings is 1. The molecule has 0 bridgehead atoms. The maximum atomic E-state index is 14.1. The summed E-state index contributed by atoms with van der Waals surface area (Å²) in [5, 5.41) is 27.9. The Hall–Kier alpha value is -3.31. The van der Waals surface area contributed by atoms with E-state index in [0.717, 1.165) is 28.7 Å². The van der Waals surface area contributed by atoms with Crippen molar-refractivity contribution in [3.8, 4) is 5.75 Å². The molecule has 3 rings (SSSR count). The predicted octanol–water partition coefficient (Wildman–Crippen LogP) is 1.66. The third kappa shape index (κ3) is 4.94. The molecule has 32 heavy (non-hydrogen) atoms. The highest BCUT2D eigenvalue weighted by Crippen LogP contribution is 2.45. The Balaban J connectivity index is 1.68. The third-order valence-corrected chi connectivity index (χ3v) is 6.46. The molecule has 6 N–H and O–H groups in total. The highest BCUT2D eigenvalue weighted by atomic mass is 32.1. The number of carbonyl (C=O) groups is 3. The van der Waals surface area contributed by atoms with Crippen LogP contribution in [0.3, 0.4) is 0 Å². The molecular weight excluding hydrogens is 441 g/mol. The Morgan fingerprint density at radius 3 is 2.53 bits per heavy atom. The van der Waals surface area contributed by atoms with Gasteiger partial charge in [0.2, 0.25) is 5.91 Å². The molecular formula is C21H22FN3O6S. The number of aliphatic hydroxyl groups excluding tert-OH is 1. The fourth-order valence-corrected chi connectivity index (χ4v) is 4.43. The Morgan fingerprint density at radius 2 is 2.00 bits per heavy atom. The number of amides is 1. The van der Waals surface area contributed by atoms with Gasteiger partial charge in [0.15, 0.2) is 11.6 Å². The first-order chi connectivity index (χ1) is 15.1. The molecule has 170 valence electrons. The van der Waals surface area contributed by atoms with Gasteiger partial charge in [-0.2, -0.15) is 0 Å². The third-order valence-electron chi connectivity index (χ3n) is 5.40. The predicted molar refractivity (Wildman–Crippen MR) is 113 cm³/mol. The number of halogens is 1. The van der Waals surface area contributed by atoms with Crippen LogP contribution in [0.1, 0.15) is 39.4 Å². The van der Waals surface area contributed by atoms with Crippen molar-refractivity contribution < 1.29 is 33.7 Å². The van der Waals surface area contributed by atoms with Gasteiger partial charge in [0.1, 0.15) is 16.8 Å². The minimum absolute atomic E-state index is 0.163. The molecule has 1 atom stereocenters. The molecule has 1 fully saturated rings. The molecule has 0 saturated heterocycles. The van der Waals surface area contributed by atoms with Crippen molar-refractivity contribution in [1.82, 2.24) is 5.32 Å². The zero-order valence-corrected chi connectivity index (χ0v) is 17.7. The normalized spacial score (nSPS) is 15.3. The summed E-state index contributed by atoms with van der Waals surface area (Å²) >= 11 is 1.10. The van der Waals surface area contributed by atoms with Crippen LogP contribution in [0, 0.1) is 16.6 Å². The maximum Gasteiger partial charge on any atom is 0.353 e. The Kier molecular flexibility index (Phi) is 6.90. The number of nitrogens with two attached hydrogens (primary N) is 1. The van der Waals surface area contributed by atoms with Gasteiger partial charge in [0, 0.05) is 10.4 Å². The van der Waals surface area contributed by atoms with E-state index in [-0.39, 0.29) is 22.0 Å². The SMILES string of the molecule is N=C(N)c1ccc(OC(=O)c2ccc(CC3(C(=O)N[C@@H](CO)C(=O)O)CCC3)s2)c(F)c1. The van der Waals surface area contributed by atoms with Crippen molar-refractivity contribution in [2.75, 3.05) is 6.61 Å². The summed E-state index contributed by atoms with van der Waals surface area (Å²) in [6, 6.07) is 5.39. The smallest absolute Gasteiger partial charge is 0.353 e. The van der Waals surface area contributed by atoms with E-state index in [4.69, 9.17) is 26.1 Å². The average molecular weight is 463 g/mol. The second-order valence-corrected chi connectivity index (χ2v) is 8.74. The van der Waals surface area contributed by atoms with E-state index >= 15 is 0 Å². The van der Waals surface area contributed by atoms with Crippen molar-refractivity contribution in [2.24, 2.45) is 11.1 Å². The van der Waals surface area contributed by atoms with Crippen molar-refractivity contribution in [1.29, 1.82) is 5.41 Å². The molecule has 11 heteroatoms. The largest absolute Gasteiger partial charge is 0.480 e. The van der Waals surface area contributed by atoms with Crippen LogP contribution in [0.25, 0.3) is 0 Å². The summed E-state index contributed by atoms with van der Waals surface area (Å²) in [5.74, 6) is -3.98. The molecule has 2 aromatic rings. The molecule has 0 unspecified atom stereocenters. The first-order valence-electron chi connectivity index (χ1n) is 9.74. The Bertz CT molecular complexity index is 1070. The fraction of sp³-hybridized carbons (Fsp3) is 0.333. The van der Waals surface area contributed by atoms with Crippen molar-refractivity contribution in [2.45, 2.75) is 31.7 Å². The van der Waals surface area contributed by atoms with Gasteiger partial charge in [-0.15, -0.1) is 11.3 Å². The van der Waals surface area contributed by atoms with E-state index in [1.165, 1.54) is 18.2 Å². The minimum Gasteiger partial charge on any atom is -0.480 e. The first kappa shape index (κ1) is 23.4. The standard InChI is InChI=1S/C21H22FN3O6S/c22-13-8-11(17(23)24)2-4-15(13)31-19(29)16-5-3-12(32-16)9-21(6-1-7-21)20(30)25-14(10-26)18(27)28/h2-5,8,14,26H,1,6-7,9-10H2,(H3,23,24)(H,25,30)(H,27,28)/t14-/m0/s1. The van der Waals surface area contributed by atoms with Gasteiger partial charge < -0.3 is 26.0 Å². The Morgan fingerprint density at radius 1 is 1.28 bits per heavy atom. The summed E-state index contributed by atoms with van der Waals surface area (Å²) in [6.07, 6.45) is 2.22. The van der Waals surface area contributed by atoms with Gasteiger partial charge in [0.05, 0.1) is 12.0 Å². The number of aliphatic carboxylic acids is 1. The summed E-state index contributed by atoms with van der Waals surface area (Å²) < 4.78 is 19.2. The van der Waals surface area contributed by atoms with Crippen LogP contribution in [0.5, 0.6) is 5.75 Å². The molecule has 0 spiro atoms. The molecule has 0 radical (unpaired) electrons. The van der Waals surface area contributed by atoms with Crippen LogP contribution in [-0.2, 0) is 16.0 Å². The van der Waals surface area contributed by atoms with E-state index in [0.29, 0.717) is 19.3 Å². The lowest BCUT2D eigenvalue weighted by Gasteiger charge is -2.40. The quantitative estimate of drug-likeness (QED) is 0.163. The summed E-state index contributed by atoms with van der Waals surface area (Å²) in [5.41, 5.74) is 4.67. The second-order valence-electron chi connectivity index (χ2n) is 7.57. The molecule has 1 aliphatic carbocycles. The van der Waals surface area contributed by atoms with Crippen LogP contribution in [0.4, 0.5) is 4.39 Å². The van der Waals surface area contributed by atoms with Crippen molar-refractivity contribution >= 4 is 35.0 Å². The molecule has 9 nitrogen and oxygen atoms in total. The van der Waals surface area contributed by atoms with Crippen molar-refractivity contribution in [3.05, 3.63) is 51.5 Å². The molecule has 1 amide bonds. The number of aliphatic hydroxyl groups is 1. The number of ether oxygens (including phenoxy) is 1.